The van der Waals surface area contributed by atoms with Crippen LogP contribution in [0.15, 0.2) is 47.4 Å². The van der Waals surface area contributed by atoms with E-state index >= 15 is 0 Å². The molecule has 3 nitrogen and oxygen atoms in total. The predicted molar refractivity (Wildman–Crippen MR) is 130 cm³/mol. The summed E-state index contributed by atoms with van der Waals surface area (Å²) in [6, 6.07) is 12.8. The SMILES string of the molecule is CCCCCCCCCCCCCCOS(=O)(=O)c1cccc2ccccc12.[Na].[Na]. The molecule has 0 aliphatic carbocycles. The summed E-state index contributed by atoms with van der Waals surface area (Å²) < 4.78 is 30.3. The summed E-state index contributed by atoms with van der Waals surface area (Å²) in [7, 11) is -3.70. The van der Waals surface area contributed by atoms with Crippen molar-refractivity contribution in [2.45, 2.75) is 88.9 Å². The van der Waals surface area contributed by atoms with E-state index in [0.29, 0.717) is 0 Å². The van der Waals surface area contributed by atoms with Gasteiger partial charge in [0.2, 0.25) is 0 Å². The van der Waals surface area contributed by atoms with Crippen LogP contribution in [-0.2, 0) is 14.3 Å². The summed E-state index contributed by atoms with van der Waals surface area (Å²) in [5, 5.41) is 1.64. The number of rotatable bonds is 15. The minimum Gasteiger partial charge on any atom is -0.266 e. The molecule has 0 aliphatic rings. The van der Waals surface area contributed by atoms with Gasteiger partial charge in [-0.3, -0.25) is 4.18 Å². The van der Waals surface area contributed by atoms with Crippen molar-refractivity contribution in [2.24, 2.45) is 0 Å². The Morgan fingerprint density at radius 1 is 0.667 bits per heavy atom. The van der Waals surface area contributed by atoms with Gasteiger partial charge in [-0.1, -0.05) is 114 Å². The maximum absolute atomic E-state index is 12.5. The molecular formula is C24H36Na2O3S. The van der Waals surface area contributed by atoms with E-state index in [1.165, 1.54) is 57.8 Å². The van der Waals surface area contributed by atoms with Crippen LogP contribution in [0, 0.1) is 0 Å². The van der Waals surface area contributed by atoms with Crippen molar-refractivity contribution in [3.63, 3.8) is 0 Å². The van der Waals surface area contributed by atoms with Gasteiger partial charge in [0, 0.05) is 64.5 Å². The van der Waals surface area contributed by atoms with Gasteiger partial charge in [0.1, 0.15) is 4.90 Å². The van der Waals surface area contributed by atoms with E-state index in [2.05, 4.69) is 6.92 Å². The molecule has 6 heteroatoms. The Kier molecular flexibility index (Phi) is 18.5. The van der Waals surface area contributed by atoms with Gasteiger partial charge in [-0.15, -0.1) is 0 Å². The molecule has 0 N–H and O–H groups in total. The summed E-state index contributed by atoms with van der Waals surface area (Å²) in [6.07, 6.45) is 15.0. The number of fused-ring (bicyclic) bond motifs is 1. The normalized spacial score (nSPS) is 11.1. The second-order valence-electron chi connectivity index (χ2n) is 7.64. The second kappa shape index (κ2) is 18.1. The van der Waals surface area contributed by atoms with Gasteiger partial charge in [-0.25, -0.2) is 0 Å². The Labute approximate surface area is 228 Å². The van der Waals surface area contributed by atoms with Crippen molar-refractivity contribution in [2.75, 3.05) is 6.61 Å². The molecule has 0 saturated carbocycles. The van der Waals surface area contributed by atoms with E-state index in [1.54, 1.807) is 12.1 Å². The zero-order valence-electron chi connectivity index (χ0n) is 19.4. The summed E-state index contributed by atoms with van der Waals surface area (Å²) in [5.41, 5.74) is 0. The molecule has 2 radical (unpaired) electrons. The van der Waals surface area contributed by atoms with Gasteiger partial charge in [-0.2, -0.15) is 8.42 Å². The van der Waals surface area contributed by atoms with Crippen molar-refractivity contribution in [1.82, 2.24) is 0 Å². The van der Waals surface area contributed by atoms with E-state index in [1.807, 2.05) is 30.3 Å². The molecule has 0 unspecified atom stereocenters. The first kappa shape index (κ1) is 30.6. The maximum Gasteiger partial charge on any atom is 0.297 e. The van der Waals surface area contributed by atoms with Crippen LogP contribution in [0.5, 0.6) is 0 Å². The third-order valence-corrected chi connectivity index (χ3v) is 6.63. The Morgan fingerprint density at radius 2 is 1.17 bits per heavy atom. The van der Waals surface area contributed by atoms with Crippen LogP contribution in [0.2, 0.25) is 0 Å². The van der Waals surface area contributed by atoms with Crippen LogP contribution >= 0.6 is 0 Å². The average molecular weight is 451 g/mol. The van der Waals surface area contributed by atoms with Gasteiger partial charge in [0.15, 0.2) is 0 Å². The van der Waals surface area contributed by atoms with Gasteiger partial charge < -0.3 is 0 Å². The molecule has 0 aromatic heterocycles. The molecular weight excluding hydrogens is 414 g/mol. The monoisotopic (exact) mass is 450 g/mol. The summed E-state index contributed by atoms with van der Waals surface area (Å²) in [5.74, 6) is 0. The molecule has 158 valence electrons. The van der Waals surface area contributed by atoms with Crippen LogP contribution in [0.1, 0.15) is 84.0 Å². The zero-order valence-corrected chi connectivity index (χ0v) is 24.2. The van der Waals surface area contributed by atoms with Crippen molar-refractivity contribution < 1.29 is 12.6 Å². The fraction of sp³-hybridized carbons (Fsp3) is 0.583. The molecule has 0 saturated heterocycles. The van der Waals surface area contributed by atoms with Crippen LogP contribution in [0.25, 0.3) is 10.8 Å². The average Bonchev–Trinajstić information content (AvgIpc) is 2.71. The Balaban J connectivity index is 0.00000420. The van der Waals surface area contributed by atoms with E-state index in [0.717, 1.165) is 30.0 Å². The fourth-order valence-corrected chi connectivity index (χ4v) is 4.75. The van der Waals surface area contributed by atoms with Crippen LogP contribution < -0.4 is 0 Å². The Bertz CT molecular complexity index is 789. The number of benzene rings is 2. The van der Waals surface area contributed by atoms with Crippen molar-refractivity contribution in [3.05, 3.63) is 42.5 Å². The van der Waals surface area contributed by atoms with E-state index in [9.17, 15) is 8.42 Å². The van der Waals surface area contributed by atoms with Gasteiger partial charge in [0.05, 0.1) is 6.61 Å². The maximum atomic E-state index is 12.5. The van der Waals surface area contributed by atoms with Crippen molar-refractivity contribution >= 4 is 80.0 Å². The summed E-state index contributed by atoms with van der Waals surface area (Å²) >= 11 is 0. The molecule has 30 heavy (non-hydrogen) atoms. The van der Waals surface area contributed by atoms with Crippen LogP contribution in [-0.4, -0.2) is 74.1 Å². The molecule has 0 atom stereocenters. The van der Waals surface area contributed by atoms with Crippen molar-refractivity contribution in [3.8, 4) is 0 Å². The van der Waals surface area contributed by atoms with Crippen LogP contribution in [0.4, 0.5) is 0 Å². The molecule has 2 aromatic rings. The molecule has 2 rings (SSSR count). The van der Waals surface area contributed by atoms with Gasteiger partial charge >= 0.3 is 0 Å². The predicted octanol–water partition coefficient (Wildman–Crippen LogP) is 6.48. The minimum absolute atomic E-state index is 0. The third kappa shape index (κ3) is 11.5. The van der Waals surface area contributed by atoms with E-state index in [-0.39, 0.29) is 70.6 Å². The van der Waals surface area contributed by atoms with E-state index < -0.39 is 10.1 Å². The Morgan fingerprint density at radius 3 is 1.77 bits per heavy atom. The summed E-state index contributed by atoms with van der Waals surface area (Å²) in [4.78, 5) is 0.268. The molecule has 2 aromatic carbocycles. The third-order valence-electron chi connectivity index (χ3n) is 5.26. The zero-order chi connectivity index (χ0) is 20.1. The topological polar surface area (TPSA) is 43.4 Å². The van der Waals surface area contributed by atoms with Crippen molar-refractivity contribution in [1.29, 1.82) is 0 Å². The molecule has 0 bridgehead atoms. The number of hydrogen-bond donors (Lipinski definition) is 0. The largest absolute Gasteiger partial charge is 0.297 e. The molecule has 0 amide bonds. The number of unbranched alkanes of at least 4 members (excludes halogenated alkanes) is 11. The molecule has 0 fully saturated rings. The Hall–Kier alpha value is 0.610. The van der Waals surface area contributed by atoms with E-state index in [4.69, 9.17) is 4.18 Å². The van der Waals surface area contributed by atoms with Gasteiger partial charge in [-0.05, 0) is 17.9 Å². The molecule has 0 aliphatic heterocycles. The summed E-state index contributed by atoms with van der Waals surface area (Å²) in [6.45, 7) is 2.52. The fourth-order valence-electron chi connectivity index (χ4n) is 3.59. The quantitative estimate of drug-likeness (QED) is 0.177. The molecule has 0 heterocycles. The number of hydrogen-bond acceptors (Lipinski definition) is 3. The van der Waals surface area contributed by atoms with Crippen LogP contribution in [0.3, 0.4) is 0 Å². The first-order chi connectivity index (χ1) is 13.6. The minimum atomic E-state index is -3.70. The second-order valence-corrected chi connectivity index (χ2v) is 9.23. The standard InChI is InChI=1S/C24H36O3S.2Na/c1-2-3-4-5-6-7-8-9-10-11-12-15-21-27-28(25,26)24-20-16-18-22-17-13-14-19-23(22)24;;/h13-14,16-20H,2-12,15,21H2,1H3;;. The smallest absolute Gasteiger partial charge is 0.266 e. The van der Waals surface area contributed by atoms with Gasteiger partial charge in [0.25, 0.3) is 10.1 Å². The first-order valence-electron chi connectivity index (χ1n) is 11.0. The molecule has 0 spiro atoms. The first-order valence-corrected chi connectivity index (χ1v) is 12.4.